The van der Waals surface area contributed by atoms with Crippen LogP contribution in [0.25, 0.3) is 0 Å². The van der Waals surface area contributed by atoms with Crippen molar-refractivity contribution in [2.24, 2.45) is 5.73 Å². The second-order valence-corrected chi connectivity index (χ2v) is 3.09. The Kier molecular flexibility index (Phi) is 5.81. The average molecular weight is 181 g/mol. The normalized spacial score (nSPS) is 13.9. The summed E-state index contributed by atoms with van der Waals surface area (Å²) in [6.45, 7) is 3.83. The smallest absolute Gasteiger partial charge is 0.0602 e. The molecule has 3 N–H and O–H groups in total. The third-order valence-electron chi connectivity index (χ3n) is 0.807. The Morgan fingerprint density at radius 3 is 2.75 bits per heavy atom. The van der Waals surface area contributed by atoms with Gasteiger partial charge in [0.2, 0.25) is 0 Å². The standard InChI is InChI=1S/C5H13BrN2/c1-5(6)8-4-2-3-7/h5,8H,2-4,7H2,1H3. The molecule has 0 saturated carbocycles. The summed E-state index contributed by atoms with van der Waals surface area (Å²) in [5, 5.41) is 3.18. The van der Waals surface area contributed by atoms with E-state index in [2.05, 4.69) is 28.2 Å². The lowest BCUT2D eigenvalue weighted by Gasteiger charge is -2.03. The van der Waals surface area contributed by atoms with E-state index in [4.69, 9.17) is 5.73 Å². The number of hydrogen-bond acceptors (Lipinski definition) is 2. The fraction of sp³-hybridized carbons (Fsp3) is 1.00. The minimum Gasteiger partial charge on any atom is -0.330 e. The van der Waals surface area contributed by atoms with Crippen molar-refractivity contribution in [2.75, 3.05) is 13.1 Å². The van der Waals surface area contributed by atoms with Crippen molar-refractivity contribution in [3.63, 3.8) is 0 Å². The molecular weight excluding hydrogens is 168 g/mol. The minimum atomic E-state index is 0.411. The van der Waals surface area contributed by atoms with Crippen LogP contribution in [0.2, 0.25) is 0 Å². The Hall–Kier alpha value is 0.400. The molecule has 0 fully saturated rings. The van der Waals surface area contributed by atoms with Gasteiger partial charge in [-0.15, -0.1) is 0 Å². The van der Waals surface area contributed by atoms with E-state index in [-0.39, 0.29) is 0 Å². The van der Waals surface area contributed by atoms with Crippen LogP contribution in [-0.2, 0) is 0 Å². The van der Waals surface area contributed by atoms with Crippen LogP contribution in [0.15, 0.2) is 0 Å². The SMILES string of the molecule is CC(Br)NCCCN. The summed E-state index contributed by atoms with van der Waals surface area (Å²) in [5.74, 6) is 0. The van der Waals surface area contributed by atoms with Crippen LogP contribution in [0.5, 0.6) is 0 Å². The maximum atomic E-state index is 5.26. The van der Waals surface area contributed by atoms with Gasteiger partial charge in [-0.05, 0) is 26.4 Å². The van der Waals surface area contributed by atoms with Gasteiger partial charge in [0, 0.05) is 0 Å². The fourth-order valence-electron chi connectivity index (χ4n) is 0.403. The first kappa shape index (κ1) is 8.40. The van der Waals surface area contributed by atoms with E-state index < -0.39 is 0 Å². The highest BCUT2D eigenvalue weighted by Gasteiger charge is 1.89. The molecule has 0 aromatic carbocycles. The van der Waals surface area contributed by atoms with Gasteiger partial charge in [0.1, 0.15) is 0 Å². The molecule has 0 bridgehead atoms. The number of halogens is 1. The lowest BCUT2D eigenvalue weighted by molar-refractivity contribution is 0.658. The molecule has 0 saturated heterocycles. The van der Waals surface area contributed by atoms with Gasteiger partial charge in [0.15, 0.2) is 0 Å². The Morgan fingerprint density at radius 1 is 1.75 bits per heavy atom. The highest BCUT2D eigenvalue weighted by molar-refractivity contribution is 9.09. The van der Waals surface area contributed by atoms with Crippen molar-refractivity contribution in [2.45, 2.75) is 18.3 Å². The molecule has 0 spiro atoms. The van der Waals surface area contributed by atoms with E-state index >= 15 is 0 Å². The van der Waals surface area contributed by atoms with Crippen molar-refractivity contribution in [3.8, 4) is 0 Å². The molecule has 0 aromatic heterocycles. The third-order valence-corrected chi connectivity index (χ3v) is 1.13. The topological polar surface area (TPSA) is 38.0 Å². The summed E-state index contributed by atoms with van der Waals surface area (Å²) in [5.41, 5.74) is 5.26. The van der Waals surface area contributed by atoms with Crippen LogP contribution in [0.3, 0.4) is 0 Å². The molecule has 0 aliphatic heterocycles. The van der Waals surface area contributed by atoms with Crippen LogP contribution >= 0.6 is 15.9 Å². The number of nitrogens with one attached hydrogen (secondary N) is 1. The lowest BCUT2D eigenvalue weighted by atomic mass is 10.4. The molecule has 3 heteroatoms. The third kappa shape index (κ3) is 6.40. The number of rotatable bonds is 4. The van der Waals surface area contributed by atoms with Crippen LogP contribution in [0, 0.1) is 0 Å². The molecule has 0 aromatic rings. The second kappa shape index (κ2) is 5.54. The summed E-state index contributed by atoms with van der Waals surface area (Å²) >= 11 is 3.35. The molecule has 1 unspecified atom stereocenters. The van der Waals surface area contributed by atoms with Gasteiger partial charge in [-0.3, -0.25) is 0 Å². The van der Waals surface area contributed by atoms with E-state index in [9.17, 15) is 0 Å². The van der Waals surface area contributed by atoms with Gasteiger partial charge >= 0.3 is 0 Å². The number of nitrogens with two attached hydrogens (primary N) is 1. The van der Waals surface area contributed by atoms with Crippen LogP contribution in [-0.4, -0.2) is 18.0 Å². The van der Waals surface area contributed by atoms with E-state index in [1.807, 2.05) is 0 Å². The zero-order valence-corrected chi connectivity index (χ0v) is 6.74. The second-order valence-electron chi connectivity index (χ2n) is 1.71. The van der Waals surface area contributed by atoms with Crippen LogP contribution < -0.4 is 11.1 Å². The van der Waals surface area contributed by atoms with Gasteiger partial charge in [0.05, 0.1) is 4.95 Å². The largest absolute Gasteiger partial charge is 0.330 e. The summed E-state index contributed by atoms with van der Waals surface area (Å²) in [7, 11) is 0. The summed E-state index contributed by atoms with van der Waals surface area (Å²) in [6.07, 6.45) is 1.05. The maximum Gasteiger partial charge on any atom is 0.0602 e. The molecule has 0 rings (SSSR count). The molecule has 0 radical (unpaired) electrons. The molecule has 1 atom stereocenters. The zero-order valence-electron chi connectivity index (χ0n) is 5.15. The highest BCUT2D eigenvalue weighted by Crippen LogP contribution is 1.89. The Morgan fingerprint density at radius 2 is 2.38 bits per heavy atom. The Balaban J connectivity index is 2.72. The Bertz CT molecular complexity index is 47.7. The summed E-state index contributed by atoms with van der Waals surface area (Å²) in [4.78, 5) is 0.411. The minimum absolute atomic E-state index is 0.411. The first-order chi connectivity index (χ1) is 3.77. The van der Waals surface area contributed by atoms with Gasteiger partial charge in [0.25, 0.3) is 0 Å². The van der Waals surface area contributed by atoms with E-state index in [0.717, 1.165) is 19.5 Å². The predicted molar refractivity (Wildman–Crippen MR) is 40.1 cm³/mol. The molecule has 0 aliphatic rings. The summed E-state index contributed by atoms with van der Waals surface area (Å²) < 4.78 is 0. The molecule has 8 heavy (non-hydrogen) atoms. The van der Waals surface area contributed by atoms with Crippen LogP contribution in [0.1, 0.15) is 13.3 Å². The first-order valence-electron chi connectivity index (χ1n) is 2.85. The van der Waals surface area contributed by atoms with Crippen LogP contribution in [0.4, 0.5) is 0 Å². The van der Waals surface area contributed by atoms with E-state index in [0.29, 0.717) is 4.95 Å². The van der Waals surface area contributed by atoms with Crippen molar-refractivity contribution >= 4 is 15.9 Å². The van der Waals surface area contributed by atoms with Crippen molar-refractivity contribution < 1.29 is 0 Å². The fourth-order valence-corrected chi connectivity index (χ4v) is 0.632. The van der Waals surface area contributed by atoms with Crippen molar-refractivity contribution in [1.29, 1.82) is 0 Å². The van der Waals surface area contributed by atoms with Gasteiger partial charge in [-0.2, -0.15) is 0 Å². The molecule has 50 valence electrons. The van der Waals surface area contributed by atoms with Crippen molar-refractivity contribution in [1.82, 2.24) is 5.32 Å². The molecule has 2 nitrogen and oxygen atoms in total. The average Bonchev–Trinajstić information content (AvgIpc) is 1.66. The number of hydrogen-bond donors (Lipinski definition) is 2. The first-order valence-corrected chi connectivity index (χ1v) is 3.76. The van der Waals surface area contributed by atoms with Gasteiger partial charge in [-0.1, -0.05) is 15.9 Å². The van der Waals surface area contributed by atoms with Gasteiger partial charge in [-0.25, -0.2) is 0 Å². The maximum absolute atomic E-state index is 5.26. The molecular formula is C5H13BrN2. The van der Waals surface area contributed by atoms with E-state index in [1.165, 1.54) is 0 Å². The Labute approximate surface area is 59.0 Å². The number of alkyl halides is 1. The quantitative estimate of drug-likeness (QED) is 0.380. The lowest BCUT2D eigenvalue weighted by Crippen LogP contribution is -2.22. The highest BCUT2D eigenvalue weighted by atomic mass is 79.9. The van der Waals surface area contributed by atoms with E-state index in [1.54, 1.807) is 0 Å². The molecule has 0 amide bonds. The molecule has 0 heterocycles. The zero-order chi connectivity index (χ0) is 6.41. The molecule has 0 aliphatic carbocycles. The van der Waals surface area contributed by atoms with Crippen molar-refractivity contribution in [3.05, 3.63) is 0 Å². The summed E-state index contributed by atoms with van der Waals surface area (Å²) in [6, 6.07) is 0. The predicted octanol–water partition coefficient (Wildman–Crippen LogP) is 0.666. The van der Waals surface area contributed by atoms with Gasteiger partial charge < -0.3 is 11.1 Å². The monoisotopic (exact) mass is 180 g/mol.